The van der Waals surface area contributed by atoms with Gasteiger partial charge in [-0.25, -0.2) is 4.39 Å². The molecule has 1 atom stereocenters. The van der Waals surface area contributed by atoms with Crippen LogP contribution in [0.2, 0.25) is 0 Å². The molecule has 30 heavy (non-hydrogen) atoms. The number of fused-ring (bicyclic) bond motifs is 1. The van der Waals surface area contributed by atoms with E-state index in [1.54, 1.807) is 30.3 Å². The maximum Gasteiger partial charge on any atom is 0.262 e. The van der Waals surface area contributed by atoms with Crippen molar-refractivity contribution in [2.24, 2.45) is 5.92 Å². The average molecular weight is 407 g/mol. The molecule has 0 spiro atoms. The first-order chi connectivity index (χ1) is 14.4. The van der Waals surface area contributed by atoms with Gasteiger partial charge in [-0.05, 0) is 36.6 Å². The number of rotatable bonds is 7. The number of nitrogens with zero attached hydrogens (tertiary/aromatic N) is 3. The number of carbonyl (C=O) groups excluding carboxylic acids is 3. The lowest BCUT2D eigenvalue weighted by molar-refractivity contribution is -0.123. The van der Waals surface area contributed by atoms with Crippen molar-refractivity contribution in [1.29, 1.82) is 5.26 Å². The number of benzene rings is 2. The topological polar surface area (TPSA) is 81.5 Å². The van der Waals surface area contributed by atoms with Crippen LogP contribution in [0.3, 0.4) is 0 Å². The van der Waals surface area contributed by atoms with Crippen molar-refractivity contribution < 1.29 is 18.8 Å². The van der Waals surface area contributed by atoms with Gasteiger partial charge >= 0.3 is 0 Å². The van der Waals surface area contributed by atoms with Crippen molar-refractivity contribution in [3.05, 3.63) is 65.5 Å². The lowest BCUT2D eigenvalue weighted by atomic mass is 10.0. The summed E-state index contributed by atoms with van der Waals surface area (Å²) < 4.78 is 14.5. The van der Waals surface area contributed by atoms with Gasteiger partial charge in [-0.2, -0.15) is 5.26 Å². The van der Waals surface area contributed by atoms with Gasteiger partial charge < -0.3 is 4.90 Å². The minimum atomic E-state index is -1.10. The Balaban J connectivity index is 2.03. The zero-order valence-electron chi connectivity index (χ0n) is 16.8. The number of halogens is 1. The molecule has 2 aromatic rings. The van der Waals surface area contributed by atoms with Crippen LogP contribution in [0.5, 0.6) is 0 Å². The van der Waals surface area contributed by atoms with Crippen LogP contribution in [0.15, 0.2) is 48.5 Å². The van der Waals surface area contributed by atoms with E-state index in [-0.39, 0.29) is 42.1 Å². The third kappa shape index (κ3) is 3.94. The van der Waals surface area contributed by atoms with Crippen LogP contribution in [-0.4, -0.2) is 35.2 Å². The maximum atomic E-state index is 14.5. The zero-order chi connectivity index (χ0) is 21.8. The van der Waals surface area contributed by atoms with E-state index < -0.39 is 29.6 Å². The van der Waals surface area contributed by atoms with E-state index in [2.05, 4.69) is 0 Å². The minimum Gasteiger partial charge on any atom is -0.307 e. The Kier molecular flexibility index (Phi) is 6.26. The summed E-state index contributed by atoms with van der Waals surface area (Å²) >= 11 is 0. The Bertz CT molecular complexity index is 993. The quantitative estimate of drug-likeness (QED) is 0.654. The van der Waals surface area contributed by atoms with Gasteiger partial charge in [0.25, 0.3) is 11.8 Å². The third-order valence-corrected chi connectivity index (χ3v) is 4.97. The van der Waals surface area contributed by atoms with Gasteiger partial charge in [-0.15, -0.1) is 0 Å². The number of anilines is 1. The summed E-state index contributed by atoms with van der Waals surface area (Å²) in [5.41, 5.74) is 0.514. The highest BCUT2D eigenvalue weighted by molar-refractivity contribution is 6.23. The van der Waals surface area contributed by atoms with Crippen molar-refractivity contribution in [2.45, 2.75) is 32.7 Å². The smallest absolute Gasteiger partial charge is 0.262 e. The van der Waals surface area contributed by atoms with Gasteiger partial charge in [0.2, 0.25) is 5.91 Å². The molecule has 1 aliphatic rings. The largest absolute Gasteiger partial charge is 0.307 e. The van der Waals surface area contributed by atoms with Crippen LogP contribution in [0.4, 0.5) is 10.1 Å². The molecule has 3 rings (SSSR count). The molecule has 3 amide bonds. The van der Waals surface area contributed by atoms with Crippen LogP contribution >= 0.6 is 0 Å². The highest BCUT2D eigenvalue weighted by atomic mass is 19.1. The molecular formula is C23H22FN3O3. The Morgan fingerprint density at radius 2 is 1.63 bits per heavy atom. The number of amides is 3. The van der Waals surface area contributed by atoms with Crippen molar-refractivity contribution in [1.82, 2.24) is 4.90 Å². The molecule has 0 saturated heterocycles. The fourth-order valence-corrected chi connectivity index (χ4v) is 3.62. The summed E-state index contributed by atoms with van der Waals surface area (Å²) in [6.45, 7) is 3.70. The second-order valence-electron chi connectivity index (χ2n) is 7.52. The molecule has 0 fully saturated rings. The normalized spacial score (nSPS) is 13.9. The van der Waals surface area contributed by atoms with Gasteiger partial charge in [0.1, 0.15) is 11.9 Å². The third-order valence-electron chi connectivity index (χ3n) is 4.97. The molecule has 0 aromatic heterocycles. The monoisotopic (exact) mass is 407 g/mol. The highest BCUT2D eigenvalue weighted by Gasteiger charge is 2.44. The fourth-order valence-electron chi connectivity index (χ4n) is 3.62. The van der Waals surface area contributed by atoms with E-state index in [4.69, 9.17) is 5.26 Å². The van der Waals surface area contributed by atoms with Crippen LogP contribution in [0, 0.1) is 23.1 Å². The molecular weight excluding hydrogens is 385 g/mol. The molecule has 6 nitrogen and oxygen atoms in total. The molecule has 2 aromatic carbocycles. The van der Waals surface area contributed by atoms with E-state index in [0.29, 0.717) is 0 Å². The summed E-state index contributed by atoms with van der Waals surface area (Å²) in [6.07, 6.45) is 0.207. The van der Waals surface area contributed by atoms with E-state index in [1.807, 2.05) is 19.9 Å². The maximum absolute atomic E-state index is 14.5. The lowest BCUT2D eigenvalue weighted by Crippen LogP contribution is -2.52. The van der Waals surface area contributed by atoms with Crippen LogP contribution < -0.4 is 4.90 Å². The molecule has 0 aliphatic carbocycles. The zero-order valence-corrected chi connectivity index (χ0v) is 16.8. The SMILES string of the molecule is CC(C)C[C@H](C(=O)N(CCC#N)c1ccccc1F)N1C(=O)c2ccccc2C1=O. The summed E-state index contributed by atoms with van der Waals surface area (Å²) in [4.78, 5) is 41.7. The van der Waals surface area contributed by atoms with E-state index in [1.165, 1.54) is 18.2 Å². The van der Waals surface area contributed by atoms with E-state index in [9.17, 15) is 18.8 Å². The predicted molar refractivity (Wildman–Crippen MR) is 109 cm³/mol. The molecule has 1 heterocycles. The van der Waals surface area contributed by atoms with E-state index >= 15 is 0 Å². The van der Waals surface area contributed by atoms with Crippen molar-refractivity contribution in [3.63, 3.8) is 0 Å². The number of para-hydroxylation sites is 1. The second-order valence-corrected chi connectivity index (χ2v) is 7.52. The molecule has 1 aliphatic heterocycles. The number of nitriles is 1. The number of carbonyl (C=O) groups is 3. The summed E-state index contributed by atoms with van der Waals surface area (Å²) in [7, 11) is 0. The van der Waals surface area contributed by atoms with Gasteiger partial charge in [0, 0.05) is 6.54 Å². The number of hydrogen-bond donors (Lipinski definition) is 0. The minimum absolute atomic E-state index is 0.0123. The van der Waals surface area contributed by atoms with Gasteiger partial charge in [0.15, 0.2) is 0 Å². The lowest BCUT2D eigenvalue weighted by Gasteiger charge is -2.32. The molecule has 0 saturated carbocycles. The first kappa shape index (κ1) is 21.2. The summed E-state index contributed by atoms with van der Waals surface area (Å²) in [5, 5.41) is 9.01. The van der Waals surface area contributed by atoms with Crippen molar-refractivity contribution in [3.8, 4) is 6.07 Å². The summed E-state index contributed by atoms with van der Waals surface area (Å²) in [6, 6.07) is 13.0. The average Bonchev–Trinajstić information content (AvgIpc) is 2.98. The first-order valence-corrected chi connectivity index (χ1v) is 9.76. The Morgan fingerprint density at radius 3 is 2.17 bits per heavy atom. The Hall–Kier alpha value is -3.53. The molecule has 7 heteroatoms. The highest BCUT2D eigenvalue weighted by Crippen LogP contribution is 2.29. The molecule has 0 N–H and O–H groups in total. The van der Waals surface area contributed by atoms with Crippen molar-refractivity contribution in [2.75, 3.05) is 11.4 Å². The van der Waals surface area contributed by atoms with E-state index in [0.717, 1.165) is 9.80 Å². The second kappa shape index (κ2) is 8.87. The fraction of sp³-hybridized carbons (Fsp3) is 0.304. The molecule has 0 bridgehead atoms. The van der Waals surface area contributed by atoms with Crippen LogP contribution in [-0.2, 0) is 4.79 Å². The Labute approximate surface area is 174 Å². The molecule has 0 unspecified atom stereocenters. The van der Waals surface area contributed by atoms with Gasteiger partial charge in [-0.3, -0.25) is 19.3 Å². The Morgan fingerprint density at radius 1 is 1.07 bits per heavy atom. The molecule has 0 radical (unpaired) electrons. The molecule has 154 valence electrons. The number of hydrogen-bond acceptors (Lipinski definition) is 4. The predicted octanol–water partition coefficient (Wildman–Crippen LogP) is 3.78. The van der Waals surface area contributed by atoms with Crippen LogP contribution in [0.1, 0.15) is 47.4 Å². The number of imide groups is 1. The van der Waals surface area contributed by atoms with Crippen LogP contribution in [0.25, 0.3) is 0 Å². The summed E-state index contributed by atoms with van der Waals surface area (Å²) in [5.74, 6) is -2.29. The van der Waals surface area contributed by atoms with Gasteiger partial charge in [0.05, 0.1) is 29.3 Å². The van der Waals surface area contributed by atoms with Gasteiger partial charge in [-0.1, -0.05) is 38.1 Å². The van der Waals surface area contributed by atoms with Crippen molar-refractivity contribution >= 4 is 23.4 Å². The first-order valence-electron chi connectivity index (χ1n) is 9.76. The standard InChI is InChI=1S/C23H22FN3O3/c1-15(2)14-20(27-21(28)16-8-3-4-9-17(16)22(27)29)23(30)26(13-7-12-25)19-11-6-5-10-18(19)24/h3-6,8-11,15,20H,7,13-14H2,1-2H3/t20-/m1/s1.